The second-order valence-corrected chi connectivity index (χ2v) is 7.58. The van der Waals surface area contributed by atoms with Crippen molar-refractivity contribution in [1.29, 1.82) is 0 Å². The summed E-state index contributed by atoms with van der Waals surface area (Å²) in [7, 11) is 0. The first-order chi connectivity index (χ1) is 11.7. The van der Waals surface area contributed by atoms with Crippen LogP contribution in [0.5, 0.6) is 0 Å². The molecule has 126 valence electrons. The Bertz CT molecular complexity index is 702. The van der Waals surface area contributed by atoms with Gasteiger partial charge in [0.2, 0.25) is 0 Å². The van der Waals surface area contributed by atoms with Gasteiger partial charge >= 0.3 is 0 Å². The largest absolute Gasteiger partial charge is 0.396 e. The highest BCUT2D eigenvalue weighted by atomic mass is 16.3. The predicted octanol–water partition coefficient (Wildman–Crippen LogP) is 3.35. The van der Waals surface area contributed by atoms with Crippen LogP contribution < -0.4 is 0 Å². The van der Waals surface area contributed by atoms with Gasteiger partial charge in [0.1, 0.15) is 0 Å². The molecule has 2 fully saturated rings. The molecule has 0 radical (unpaired) electrons. The lowest BCUT2D eigenvalue weighted by molar-refractivity contribution is 0.0748. The van der Waals surface area contributed by atoms with Gasteiger partial charge in [-0.05, 0) is 50.3 Å². The van der Waals surface area contributed by atoms with Crippen LogP contribution in [0.4, 0.5) is 0 Å². The van der Waals surface area contributed by atoms with E-state index >= 15 is 0 Å². The summed E-state index contributed by atoms with van der Waals surface area (Å²) in [6, 6.07) is 18.0. The molecule has 0 spiro atoms. The summed E-state index contributed by atoms with van der Waals surface area (Å²) in [5, 5.41) is 10.3. The molecule has 4 rings (SSSR count). The monoisotopic (exact) mass is 322 g/mol. The van der Waals surface area contributed by atoms with Gasteiger partial charge in [0.25, 0.3) is 0 Å². The number of hydrogen-bond donors (Lipinski definition) is 1. The fourth-order valence-electron chi connectivity index (χ4n) is 4.95. The van der Waals surface area contributed by atoms with Crippen LogP contribution in [0, 0.1) is 12.3 Å². The third-order valence-electron chi connectivity index (χ3n) is 6.00. The summed E-state index contributed by atoms with van der Waals surface area (Å²) in [6.07, 6.45) is 4.54. The molecule has 0 aliphatic carbocycles. The summed E-state index contributed by atoms with van der Waals surface area (Å²) in [5.41, 5.74) is 3.58. The lowest BCUT2D eigenvalue weighted by atomic mass is 9.70. The summed E-state index contributed by atoms with van der Waals surface area (Å²) >= 11 is 0. The Morgan fingerprint density at radius 3 is 2.71 bits per heavy atom. The Morgan fingerprint density at radius 2 is 1.96 bits per heavy atom. The van der Waals surface area contributed by atoms with Crippen molar-refractivity contribution in [1.82, 2.24) is 9.88 Å². The van der Waals surface area contributed by atoms with E-state index in [2.05, 4.69) is 65.3 Å². The summed E-state index contributed by atoms with van der Waals surface area (Å²) < 4.78 is 0. The topological polar surface area (TPSA) is 36.4 Å². The molecule has 0 saturated carbocycles. The van der Waals surface area contributed by atoms with Crippen molar-refractivity contribution in [2.45, 2.75) is 51.2 Å². The highest BCUT2D eigenvalue weighted by molar-refractivity contribution is 5.21. The van der Waals surface area contributed by atoms with E-state index in [1.165, 1.54) is 18.4 Å². The van der Waals surface area contributed by atoms with Gasteiger partial charge in [-0.25, -0.2) is 0 Å². The van der Waals surface area contributed by atoms with Crippen molar-refractivity contribution in [3.8, 4) is 0 Å². The Labute approximate surface area is 144 Å². The molecule has 1 aromatic heterocycles. The number of rotatable bonds is 5. The summed E-state index contributed by atoms with van der Waals surface area (Å²) in [6.45, 7) is 3.24. The lowest BCUT2D eigenvalue weighted by Crippen LogP contribution is -2.41. The molecular formula is C21H26N2O. The maximum Gasteiger partial charge on any atom is 0.0547 e. The molecule has 1 N–H and O–H groups in total. The number of pyridine rings is 1. The van der Waals surface area contributed by atoms with E-state index in [-0.39, 0.29) is 12.0 Å². The maximum absolute atomic E-state index is 10.3. The smallest absolute Gasteiger partial charge is 0.0547 e. The minimum absolute atomic E-state index is 0.00803. The van der Waals surface area contributed by atoms with E-state index in [1.807, 2.05) is 0 Å². The molecular weight excluding hydrogens is 296 g/mol. The fourth-order valence-corrected chi connectivity index (χ4v) is 4.95. The molecule has 3 nitrogen and oxygen atoms in total. The van der Waals surface area contributed by atoms with Gasteiger partial charge in [0, 0.05) is 29.7 Å². The third kappa shape index (κ3) is 2.76. The maximum atomic E-state index is 10.3. The van der Waals surface area contributed by atoms with Crippen LogP contribution in [0.1, 0.15) is 36.2 Å². The molecule has 2 aromatic rings. The number of nitrogens with zero attached hydrogens (tertiary/aromatic N) is 2. The number of benzene rings is 1. The van der Waals surface area contributed by atoms with Crippen LogP contribution in [0.15, 0.2) is 48.5 Å². The Hall–Kier alpha value is -1.71. The van der Waals surface area contributed by atoms with E-state index in [4.69, 9.17) is 0 Å². The minimum Gasteiger partial charge on any atom is -0.396 e. The van der Waals surface area contributed by atoms with E-state index in [0.717, 1.165) is 30.8 Å². The highest BCUT2D eigenvalue weighted by Gasteiger charge is 2.55. The van der Waals surface area contributed by atoms with Crippen molar-refractivity contribution in [3.05, 3.63) is 65.5 Å². The summed E-state index contributed by atoms with van der Waals surface area (Å²) in [4.78, 5) is 7.30. The van der Waals surface area contributed by atoms with Crippen LogP contribution >= 0.6 is 0 Å². The second kappa shape index (κ2) is 6.30. The van der Waals surface area contributed by atoms with Gasteiger partial charge in [-0.15, -0.1) is 0 Å². The molecule has 1 aromatic carbocycles. The molecule has 3 heteroatoms. The van der Waals surface area contributed by atoms with Crippen molar-refractivity contribution < 1.29 is 5.11 Å². The molecule has 0 amide bonds. The van der Waals surface area contributed by atoms with Crippen LogP contribution in [0.2, 0.25) is 0 Å². The van der Waals surface area contributed by atoms with E-state index < -0.39 is 0 Å². The molecule has 3 heterocycles. The van der Waals surface area contributed by atoms with Crippen molar-refractivity contribution >= 4 is 0 Å². The first kappa shape index (κ1) is 15.8. The number of aliphatic hydroxyl groups is 1. The second-order valence-electron chi connectivity index (χ2n) is 7.58. The van der Waals surface area contributed by atoms with Crippen molar-refractivity contribution in [2.75, 3.05) is 6.61 Å². The SMILES string of the molecule is Cc1cccc(CN2[C@H]3CC[C@@H]2[C@@](CO)(Cc2ccccc2)C3)n1. The van der Waals surface area contributed by atoms with E-state index in [1.54, 1.807) is 0 Å². The minimum atomic E-state index is 0.00803. The number of aromatic nitrogens is 1. The molecule has 0 unspecified atom stereocenters. The Morgan fingerprint density at radius 1 is 1.12 bits per heavy atom. The van der Waals surface area contributed by atoms with E-state index in [9.17, 15) is 5.11 Å². The zero-order valence-corrected chi connectivity index (χ0v) is 14.4. The Balaban J connectivity index is 1.56. The summed E-state index contributed by atoms with van der Waals surface area (Å²) in [5.74, 6) is 0. The lowest BCUT2D eigenvalue weighted by Gasteiger charge is -2.36. The van der Waals surface area contributed by atoms with Crippen LogP contribution in [-0.4, -0.2) is 33.7 Å². The molecule has 2 bridgehead atoms. The standard InChI is InChI=1S/C21H26N2O/c1-16-6-5-9-18(22-16)14-23-19-10-11-20(23)21(13-19,15-24)12-17-7-3-2-4-8-17/h2-9,19-20,24H,10-15H2,1H3/t19-,20+,21-/m0/s1. The zero-order valence-electron chi connectivity index (χ0n) is 14.4. The fraction of sp³-hybridized carbons (Fsp3) is 0.476. The molecule has 2 aliphatic rings. The van der Waals surface area contributed by atoms with Crippen LogP contribution in [-0.2, 0) is 13.0 Å². The highest BCUT2D eigenvalue weighted by Crippen LogP contribution is 2.51. The number of aryl methyl sites for hydroxylation is 1. The molecule has 2 aliphatic heterocycles. The number of fused-ring (bicyclic) bond motifs is 2. The quantitative estimate of drug-likeness (QED) is 0.917. The van der Waals surface area contributed by atoms with Gasteiger partial charge in [-0.1, -0.05) is 36.4 Å². The molecule has 3 atom stereocenters. The third-order valence-corrected chi connectivity index (χ3v) is 6.00. The first-order valence-corrected chi connectivity index (χ1v) is 9.03. The molecule has 24 heavy (non-hydrogen) atoms. The first-order valence-electron chi connectivity index (χ1n) is 9.03. The van der Waals surface area contributed by atoms with Gasteiger partial charge in [-0.2, -0.15) is 0 Å². The van der Waals surface area contributed by atoms with Gasteiger partial charge in [-0.3, -0.25) is 9.88 Å². The normalized spacial score (nSPS) is 29.2. The van der Waals surface area contributed by atoms with E-state index in [0.29, 0.717) is 12.1 Å². The van der Waals surface area contributed by atoms with Gasteiger partial charge < -0.3 is 5.11 Å². The van der Waals surface area contributed by atoms with Crippen LogP contribution in [0.3, 0.4) is 0 Å². The number of aliphatic hydroxyl groups excluding tert-OH is 1. The number of hydrogen-bond acceptors (Lipinski definition) is 3. The van der Waals surface area contributed by atoms with Crippen molar-refractivity contribution in [2.24, 2.45) is 5.41 Å². The zero-order chi connectivity index (χ0) is 16.6. The van der Waals surface area contributed by atoms with Gasteiger partial charge in [0.05, 0.1) is 12.3 Å². The Kier molecular flexibility index (Phi) is 4.15. The average molecular weight is 322 g/mol. The molecule has 2 saturated heterocycles. The average Bonchev–Trinajstić information content (AvgIpc) is 3.11. The predicted molar refractivity (Wildman–Crippen MR) is 95.6 cm³/mol. The van der Waals surface area contributed by atoms with Crippen LogP contribution in [0.25, 0.3) is 0 Å². The van der Waals surface area contributed by atoms with Crippen molar-refractivity contribution in [3.63, 3.8) is 0 Å². The van der Waals surface area contributed by atoms with Gasteiger partial charge in [0.15, 0.2) is 0 Å².